The van der Waals surface area contributed by atoms with Crippen molar-refractivity contribution in [2.75, 3.05) is 6.54 Å². The van der Waals surface area contributed by atoms with Gasteiger partial charge in [-0.1, -0.05) is 60.7 Å². The summed E-state index contributed by atoms with van der Waals surface area (Å²) in [7, 11) is 0. The Morgan fingerprint density at radius 2 is 1.64 bits per heavy atom. The summed E-state index contributed by atoms with van der Waals surface area (Å²) < 4.78 is 1.63. The van der Waals surface area contributed by atoms with Gasteiger partial charge >= 0.3 is 5.82 Å². The number of rotatable bonds is 7. The Morgan fingerprint density at radius 3 is 2.16 bits per heavy atom. The number of imidazole rings is 1. The van der Waals surface area contributed by atoms with E-state index in [1.807, 2.05) is 36.4 Å². The van der Waals surface area contributed by atoms with Crippen molar-refractivity contribution >= 4 is 5.82 Å². The summed E-state index contributed by atoms with van der Waals surface area (Å²) in [4.78, 5) is 14.7. The highest BCUT2D eigenvalue weighted by molar-refractivity contribution is 5.31. The predicted molar refractivity (Wildman–Crippen MR) is 96.3 cm³/mol. The minimum absolute atomic E-state index is 0.0234. The number of hydrogen-bond acceptors (Lipinski definition) is 4. The molecule has 0 unspecified atom stereocenters. The van der Waals surface area contributed by atoms with Crippen LogP contribution in [0.3, 0.4) is 0 Å². The molecule has 1 heterocycles. The minimum atomic E-state index is -0.397. The molecule has 128 valence electrons. The quantitative estimate of drug-likeness (QED) is 0.529. The molecular weight excluding hydrogens is 316 g/mol. The van der Waals surface area contributed by atoms with E-state index in [0.717, 1.165) is 11.1 Å². The van der Waals surface area contributed by atoms with Gasteiger partial charge in [0.15, 0.2) is 5.82 Å². The molecular formula is C19H20N4O2. The van der Waals surface area contributed by atoms with Crippen LogP contribution in [0.25, 0.3) is 0 Å². The van der Waals surface area contributed by atoms with Gasteiger partial charge in [0.1, 0.15) is 12.7 Å². The maximum atomic E-state index is 11.1. The maximum Gasteiger partial charge on any atom is 0.342 e. The predicted octanol–water partition coefficient (Wildman–Crippen LogP) is 3.48. The van der Waals surface area contributed by atoms with E-state index in [0.29, 0.717) is 18.9 Å². The third-order valence-electron chi connectivity index (χ3n) is 4.17. The lowest BCUT2D eigenvalue weighted by atomic mass is 9.99. The van der Waals surface area contributed by atoms with Crippen LogP contribution >= 0.6 is 0 Å². The van der Waals surface area contributed by atoms with Crippen molar-refractivity contribution in [1.29, 1.82) is 0 Å². The molecule has 0 aliphatic heterocycles. The Bertz CT molecular complexity index is 792. The lowest BCUT2D eigenvalue weighted by Crippen LogP contribution is -2.26. The smallest absolute Gasteiger partial charge is 0.342 e. The summed E-state index contributed by atoms with van der Waals surface area (Å²) >= 11 is 0. The number of hydrogen-bond donors (Lipinski definition) is 1. The topological polar surface area (TPSA) is 73.0 Å². The molecule has 6 nitrogen and oxygen atoms in total. The average molecular weight is 336 g/mol. The summed E-state index contributed by atoms with van der Waals surface area (Å²) in [6, 6.07) is 20.4. The SMILES string of the molecule is Cc1ncc([N+](=O)[O-])n1CCNC(c1ccccc1)c1ccccc1. The summed E-state index contributed by atoms with van der Waals surface area (Å²) in [5, 5.41) is 14.6. The zero-order chi connectivity index (χ0) is 17.6. The van der Waals surface area contributed by atoms with Crippen molar-refractivity contribution in [3.8, 4) is 0 Å². The Morgan fingerprint density at radius 1 is 1.08 bits per heavy atom. The van der Waals surface area contributed by atoms with Crippen LogP contribution in [0.4, 0.5) is 5.82 Å². The lowest BCUT2D eigenvalue weighted by Gasteiger charge is -2.19. The van der Waals surface area contributed by atoms with E-state index in [1.54, 1.807) is 11.5 Å². The molecule has 0 atom stereocenters. The van der Waals surface area contributed by atoms with E-state index < -0.39 is 4.92 Å². The van der Waals surface area contributed by atoms with Gasteiger partial charge in [-0.2, -0.15) is 0 Å². The van der Waals surface area contributed by atoms with Crippen LogP contribution in [0.1, 0.15) is 23.0 Å². The van der Waals surface area contributed by atoms with Gasteiger partial charge in [0, 0.05) is 13.5 Å². The minimum Gasteiger partial charge on any atom is -0.358 e. The molecule has 0 fully saturated rings. The maximum absolute atomic E-state index is 11.1. The second kappa shape index (κ2) is 7.72. The number of nitrogens with zero attached hydrogens (tertiary/aromatic N) is 3. The Balaban J connectivity index is 1.76. The van der Waals surface area contributed by atoms with Crippen LogP contribution in [0.2, 0.25) is 0 Å². The Labute approximate surface area is 146 Å². The van der Waals surface area contributed by atoms with Gasteiger partial charge in [-0.05, 0) is 16.1 Å². The average Bonchev–Trinajstić information content (AvgIpc) is 3.01. The molecule has 0 saturated heterocycles. The van der Waals surface area contributed by atoms with Crippen molar-refractivity contribution < 1.29 is 4.92 Å². The summed E-state index contributed by atoms with van der Waals surface area (Å²) in [5.74, 6) is 0.666. The zero-order valence-corrected chi connectivity index (χ0v) is 14.0. The fraction of sp³-hybridized carbons (Fsp3) is 0.211. The molecule has 0 amide bonds. The molecule has 6 heteroatoms. The molecule has 3 aromatic rings. The first kappa shape index (κ1) is 16.9. The molecule has 0 bridgehead atoms. The van der Waals surface area contributed by atoms with E-state index >= 15 is 0 Å². The van der Waals surface area contributed by atoms with Crippen molar-refractivity contribution in [2.45, 2.75) is 19.5 Å². The van der Waals surface area contributed by atoms with Gasteiger partial charge in [-0.15, -0.1) is 0 Å². The number of nitro groups is 1. The fourth-order valence-corrected chi connectivity index (χ4v) is 2.92. The largest absolute Gasteiger partial charge is 0.358 e. The van der Waals surface area contributed by atoms with Crippen molar-refractivity contribution in [1.82, 2.24) is 14.9 Å². The van der Waals surface area contributed by atoms with Crippen LogP contribution < -0.4 is 5.32 Å². The monoisotopic (exact) mass is 336 g/mol. The summed E-state index contributed by atoms with van der Waals surface area (Å²) in [6.07, 6.45) is 1.31. The van der Waals surface area contributed by atoms with E-state index in [1.165, 1.54) is 6.20 Å². The highest BCUT2D eigenvalue weighted by Gasteiger charge is 2.18. The third-order valence-corrected chi connectivity index (χ3v) is 4.17. The van der Waals surface area contributed by atoms with Crippen molar-refractivity contribution in [3.63, 3.8) is 0 Å². The van der Waals surface area contributed by atoms with E-state index in [9.17, 15) is 10.1 Å². The zero-order valence-electron chi connectivity index (χ0n) is 14.0. The van der Waals surface area contributed by atoms with Crippen LogP contribution in [0.15, 0.2) is 66.9 Å². The molecule has 2 aromatic carbocycles. The van der Waals surface area contributed by atoms with Crippen LogP contribution in [-0.4, -0.2) is 21.0 Å². The first-order valence-electron chi connectivity index (χ1n) is 8.16. The van der Waals surface area contributed by atoms with Gasteiger partial charge < -0.3 is 15.4 Å². The highest BCUT2D eigenvalue weighted by Crippen LogP contribution is 2.21. The molecule has 0 radical (unpaired) electrons. The van der Waals surface area contributed by atoms with Gasteiger partial charge in [0.2, 0.25) is 0 Å². The van der Waals surface area contributed by atoms with Gasteiger partial charge in [-0.3, -0.25) is 0 Å². The van der Waals surface area contributed by atoms with E-state index in [4.69, 9.17) is 0 Å². The van der Waals surface area contributed by atoms with Gasteiger partial charge in [0.25, 0.3) is 0 Å². The van der Waals surface area contributed by atoms with Crippen LogP contribution in [0.5, 0.6) is 0 Å². The summed E-state index contributed by atoms with van der Waals surface area (Å²) in [6.45, 7) is 2.85. The van der Waals surface area contributed by atoms with Crippen molar-refractivity contribution in [3.05, 3.63) is 93.9 Å². The van der Waals surface area contributed by atoms with Crippen LogP contribution in [0, 0.1) is 17.0 Å². The molecule has 0 aliphatic rings. The molecule has 1 N–H and O–H groups in total. The van der Waals surface area contributed by atoms with Crippen LogP contribution in [-0.2, 0) is 6.54 Å². The fourth-order valence-electron chi connectivity index (χ4n) is 2.92. The first-order chi connectivity index (χ1) is 12.2. The molecule has 0 spiro atoms. The second-order valence-corrected chi connectivity index (χ2v) is 5.78. The second-order valence-electron chi connectivity index (χ2n) is 5.78. The number of aromatic nitrogens is 2. The van der Waals surface area contributed by atoms with E-state index in [-0.39, 0.29) is 11.9 Å². The third kappa shape index (κ3) is 3.92. The molecule has 1 aromatic heterocycles. The normalized spacial score (nSPS) is 11.0. The Kier molecular flexibility index (Phi) is 5.20. The Hall–Kier alpha value is -2.99. The number of aryl methyl sites for hydroxylation is 1. The van der Waals surface area contributed by atoms with Crippen molar-refractivity contribution in [2.24, 2.45) is 0 Å². The molecule has 0 aliphatic carbocycles. The molecule has 25 heavy (non-hydrogen) atoms. The summed E-state index contributed by atoms with van der Waals surface area (Å²) in [5.41, 5.74) is 2.32. The molecule has 3 rings (SSSR count). The molecule has 0 saturated carbocycles. The highest BCUT2D eigenvalue weighted by atomic mass is 16.6. The number of benzene rings is 2. The van der Waals surface area contributed by atoms with E-state index in [2.05, 4.69) is 34.6 Å². The van der Waals surface area contributed by atoms with Gasteiger partial charge in [-0.25, -0.2) is 9.55 Å². The standard InChI is InChI=1S/C19H20N4O2/c1-15-21-14-18(23(24)25)22(15)13-12-20-19(16-8-4-2-5-9-16)17-10-6-3-7-11-17/h2-11,14,19-20H,12-13H2,1H3. The number of nitrogens with one attached hydrogen (secondary N) is 1. The first-order valence-corrected chi connectivity index (χ1v) is 8.16. The van der Waals surface area contributed by atoms with Gasteiger partial charge in [0.05, 0.1) is 6.04 Å². The lowest BCUT2D eigenvalue weighted by molar-refractivity contribution is -0.392.